The third kappa shape index (κ3) is 4.29. The van der Waals surface area contributed by atoms with E-state index in [1.165, 1.54) is 17.3 Å². The first kappa shape index (κ1) is 17.3. The molecule has 2 aromatic rings. The van der Waals surface area contributed by atoms with Crippen LogP contribution >= 0.6 is 0 Å². The number of carbonyl (C=O) groups excluding carboxylic acids is 1. The summed E-state index contributed by atoms with van der Waals surface area (Å²) in [7, 11) is 0. The third-order valence-electron chi connectivity index (χ3n) is 4.61. The molecule has 0 unspecified atom stereocenters. The van der Waals surface area contributed by atoms with Crippen LogP contribution in [0.4, 0.5) is 14.9 Å². The van der Waals surface area contributed by atoms with E-state index in [-0.39, 0.29) is 11.8 Å². The van der Waals surface area contributed by atoms with Crippen molar-refractivity contribution in [1.82, 2.24) is 10.2 Å². The number of piperazine rings is 1. The highest BCUT2D eigenvalue weighted by Gasteiger charge is 2.21. The monoisotopic (exact) mass is 341 g/mol. The summed E-state index contributed by atoms with van der Waals surface area (Å²) in [5.74, 6) is -0.237. The summed E-state index contributed by atoms with van der Waals surface area (Å²) >= 11 is 0. The van der Waals surface area contributed by atoms with Gasteiger partial charge in [-0.15, -0.1) is 0 Å². The average molecular weight is 341 g/mol. The molecule has 1 aliphatic heterocycles. The first-order valence-corrected chi connectivity index (χ1v) is 8.62. The van der Waals surface area contributed by atoms with Gasteiger partial charge in [0.2, 0.25) is 0 Å². The van der Waals surface area contributed by atoms with Gasteiger partial charge in [0.15, 0.2) is 0 Å². The van der Waals surface area contributed by atoms with Crippen molar-refractivity contribution < 1.29 is 9.18 Å². The molecule has 1 heterocycles. The van der Waals surface area contributed by atoms with Crippen molar-refractivity contribution in [3.8, 4) is 0 Å². The predicted octanol–water partition coefficient (Wildman–Crippen LogP) is 3.47. The molecule has 1 fully saturated rings. The van der Waals surface area contributed by atoms with Gasteiger partial charge in [-0.3, -0.25) is 0 Å². The van der Waals surface area contributed by atoms with E-state index in [1.807, 2.05) is 11.0 Å². The van der Waals surface area contributed by atoms with Crippen molar-refractivity contribution >= 4 is 11.7 Å². The van der Waals surface area contributed by atoms with Crippen LogP contribution in [0.2, 0.25) is 0 Å². The van der Waals surface area contributed by atoms with E-state index in [1.54, 1.807) is 13.0 Å². The van der Waals surface area contributed by atoms with Gasteiger partial charge in [0.1, 0.15) is 5.82 Å². The van der Waals surface area contributed by atoms with E-state index in [9.17, 15) is 9.18 Å². The molecule has 5 heteroatoms. The van der Waals surface area contributed by atoms with Gasteiger partial charge >= 0.3 is 6.03 Å². The van der Waals surface area contributed by atoms with E-state index < -0.39 is 0 Å². The minimum atomic E-state index is -0.237. The molecule has 0 atom stereocenters. The van der Waals surface area contributed by atoms with Gasteiger partial charge in [-0.05, 0) is 48.7 Å². The highest BCUT2D eigenvalue weighted by molar-refractivity contribution is 5.74. The molecule has 2 amide bonds. The second kappa shape index (κ2) is 7.55. The van der Waals surface area contributed by atoms with Gasteiger partial charge in [0, 0.05) is 38.4 Å². The topological polar surface area (TPSA) is 35.6 Å². The smallest absolute Gasteiger partial charge is 0.317 e. The van der Waals surface area contributed by atoms with Crippen LogP contribution in [-0.4, -0.2) is 37.1 Å². The Hall–Kier alpha value is -2.56. The fourth-order valence-corrected chi connectivity index (χ4v) is 3.03. The molecule has 132 valence electrons. The zero-order valence-electron chi connectivity index (χ0n) is 14.8. The molecule has 25 heavy (non-hydrogen) atoms. The van der Waals surface area contributed by atoms with Crippen LogP contribution in [0.25, 0.3) is 0 Å². The van der Waals surface area contributed by atoms with Crippen LogP contribution in [0.1, 0.15) is 16.7 Å². The summed E-state index contributed by atoms with van der Waals surface area (Å²) in [5, 5.41) is 2.88. The Kier molecular flexibility index (Phi) is 5.22. The first-order valence-electron chi connectivity index (χ1n) is 8.62. The van der Waals surface area contributed by atoms with Gasteiger partial charge in [-0.2, -0.15) is 0 Å². The number of hydrogen-bond acceptors (Lipinski definition) is 2. The molecular weight excluding hydrogens is 317 g/mol. The Morgan fingerprint density at radius 3 is 2.52 bits per heavy atom. The molecule has 0 aromatic heterocycles. The normalized spacial score (nSPS) is 14.5. The van der Waals surface area contributed by atoms with Crippen LogP contribution in [0, 0.1) is 19.7 Å². The summed E-state index contributed by atoms with van der Waals surface area (Å²) in [5.41, 5.74) is 3.83. The zero-order chi connectivity index (χ0) is 17.8. The van der Waals surface area contributed by atoms with Gasteiger partial charge in [-0.25, -0.2) is 9.18 Å². The molecule has 0 bridgehead atoms. The molecule has 0 saturated carbocycles. The molecular formula is C20H24FN3O. The second-order valence-electron chi connectivity index (χ2n) is 6.56. The lowest BCUT2D eigenvalue weighted by Crippen LogP contribution is -2.51. The van der Waals surface area contributed by atoms with Crippen molar-refractivity contribution in [3.05, 3.63) is 65.0 Å². The molecule has 1 aliphatic rings. The van der Waals surface area contributed by atoms with Crippen LogP contribution in [0.3, 0.4) is 0 Å². The van der Waals surface area contributed by atoms with Crippen molar-refractivity contribution in [2.75, 3.05) is 31.1 Å². The van der Waals surface area contributed by atoms with Gasteiger partial charge in [0.25, 0.3) is 0 Å². The standard InChI is InChI=1S/C20H24FN3O/c1-15-4-3-5-18(12-15)23-8-10-24(11-9-23)20(25)22-14-17-7-6-16(2)19(21)13-17/h3-7,12-13H,8-11,14H2,1-2H3,(H,22,25). The highest BCUT2D eigenvalue weighted by Crippen LogP contribution is 2.18. The number of urea groups is 1. The van der Waals surface area contributed by atoms with E-state index in [2.05, 4.69) is 41.4 Å². The van der Waals surface area contributed by atoms with E-state index in [0.29, 0.717) is 25.2 Å². The third-order valence-corrected chi connectivity index (χ3v) is 4.61. The molecule has 0 spiro atoms. The minimum absolute atomic E-state index is 0.0927. The molecule has 3 rings (SSSR count). The fourth-order valence-electron chi connectivity index (χ4n) is 3.03. The molecule has 0 radical (unpaired) electrons. The van der Waals surface area contributed by atoms with Crippen molar-refractivity contribution in [1.29, 1.82) is 0 Å². The van der Waals surface area contributed by atoms with Gasteiger partial charge < -0.3 is 15.1 Å². The molecule has 0 aliphatic carbocycles. The Balaban J connectivity index is 1.50. The summed E-state index contributed by atoms with van der Waals surface area (Å²) in [4.78, 5) is 16.4. The minimum Gasteiger partial charge on any atom is -0.368 e. The van der Waals surface area contributed by atoms with Crippen LogP contribution in [0.5, 0.6) is 0 Å². The van der Waals surface area contributed by atoms with E-state index in [0.717, 1.165) is 18.7 Å². The fraction of sp³-hybridized carbons (Fsp3) is 0.350. The largest absolute Gasteiger partial charge is 0.368 e. The summed E-state index contributed by atoms with van der Waals surface area (Å²) in [6.07, 6.45) is 0. The lowest BCUT2D eigenvalue weighted by atomic mass is 10.1. The quantitative estimate of drug-likeness (QED) is 0.928. The number of carbonyl (C=O) groups is 1. The lowest BCUT2D eigenvalue weighted by Gasteiger charge is -2.36. The first-order chi connectivity index (χ1) is 12.0. The van der Waals surface area contributed by atoms with Crippen LogP contribution in [0.15, 0.2) is 42.5 Å². The lowest BCUT2D eigenvalue weighted by molar-refractivity contribution is 0.194. The Morgan fingerprint density at radius 1 is 1.08 bits per heavy atom. The van der Waals surface area contributed by atoms with E-state index in [4.69, 9.17) is 0 Å². The van der Waals surface area contributed by atoms with Gasteiger partial charge in [0.05, 0.1) is 0 Å². The Bertz CT molecular complexity index is 754. The summed E-state index contributed by atoms with van der Waals surface area (Å²) in [6, 6.07) is 13.4. The van der Waals surface area contributed by atoms with Gasteiger partial charge in [-0.1, -0.05) is 24.3 Å². The molecule has 1 saturated heterocycles. The summed E-state index contributed by atoms with van der Waals surface area (Å²) in [6.45, 7) is 7.15. The zero-order valence-corrected chi connectivity index (χ0v) is 14.8. The van der Waals surface area contributed by atoms with Crippen LogP contribution < -0.4 is 10.2 Å². The molecule has 1 N–H and O–H groups in total. The number of hydrogen-bond donors (Lipinski definition) is 1. The number of aryl methyl sites for hydroxylation is 2. The number of nitrogens with zero attached hydrogens (tertiary/aromatic N) is 2. The predicted molar refractivity (Wildman–Crippen MR) is 98.3 cm³/mol. The number of halogens is 1. The average Bonchev–Trinajstić information content (AvgIpc) is 2.62. The highest BCUT2D eigenvalue weighted by atomic mass is 19.1. The number of rotatable bonds is 3. The second-order valence-corrected chi connectivity index (χ2v) is 6.56. The Morgan fingerprint density at radius 2 is 1.84 bits per heavy atom. The van der Waals surface area contributed by atoms with Crippen molar-refractivity contribution in [2.24, 2.45) is 0 Å². The number of nitrogens with one attached hydrogen (secondary N) is 1. The molecule has 2 aromatic carbocycles. The van der Waals surface area contributed by atoms with Crippen LogP contribution in [-0.2, 0) is 6.54 Å². The molecule has 4 nitrogen and oxygen atoms in total. The number of anilines is 1. The Labute approximate surface area is 148 Å². The maximum Gasteiger partial charge on any atom is 0.317 e. The summed E-state index contributed by atoms with van der Waals surface area (Å²) < 4.78 is 13.6. The number of amides is 2. The van der Waals surface area contributed by atoms with Crippen molar-refractivity contribution in [3.63, 3.8) is 0 Å². The SMILES string of the molecule is Cc1cccc(N2CCN(C(=O)NCc3ccc(C)c(F)c3)CC2)c1. The number of benzene rings is 2. The maximum absolute atomic E-state index is 13.6. The van der Waals surface area contributed by atoms with E-state index >= 15 is 0 Å². The maximum atomic E-state index is 13.6. The van der Waals surface area contributed by atoms with Crippen molar-refractivity contribution in [2.45, 2.75) is 20.4 Å².